The number of hydrogen-bond donors (Lipinski definition) is 0. The third kappa shape index (κ3) is 7.17. The molecule has 1 heterocycles. The summed E-state index contributed by atoms with van der Waals surface area (Å²) in [4.78, 5) is 11.0. The van der Waals surface area contributed by atoms with Gasteiger partial charge >= 0.3 is 5.97 Å². The van der Waals surface area contributed by atoms with E-state index in [-0.39, 0.29) is 44.5 Å². The molecular formula is C12H20BrNO2. The van der Waals surface area contributed by atoms with Crippen molar-refractivity contribution in [3.05, 3.63) is 42.7 Å². The molecule has 0 fully saturated rings. The summed E-state index contributed by atoms with van der Waals surface area (Å²) in [6.45, 7) is 5.34. The van der Waals surface area contributed by atoms with Gasteiger partial charge < -0.3 is 21.7 Å². The van der Waals surface area contributed by atoms with Crippen LogP contribution < -0.4 is 21.5 Å². The molecular weight excluding hydrogens is 270 g/mol. The van der Waals surface area contributed by atoms with E-state index in [9.17, 15) is 4.79 Å². The molecule has 0 amide bonds. The van der Waals surface area contributed by atoms with Gasteiger partial charge in [0.15, 0.2) is 12.4 Å². The van der Waals surface area contributed by atoms with Crippen LogP contribution in [0.4, 0.5) is 0 Å². The maximum atomic E-state index is 11.0. The number of rotatable bonds is 3. The van der Waals surface area contributed by atoms with Crippen molar-refractivity contribution < 1.29 is 31.1 Å². The van der Waals surface area contributed by atoms with Crippen LogP contribution in [0.5, 0.6) is 0 Å². The minimum Gasteiger partial charge on any atom is -1.00 e. The molecule has 0 radical (unpaired) electrons. The maximum Gasteiger partial charge on any atom is 0.337 e. The summed E-state index contributed by atoms with van der Waals surface area (Å²) in [6.07, 6.45) is 3.65. The zero-order valence-electron chi connectivity index (χ0n) is 7.94. The molecule has 0 aliphatic carbocycles. The highest BCUT2D eigenvalue weighted by atomic mass is 79.9. The molecule has 3 nitrogen and oxygen atoms in total. The van der Waals surface area contributed by atoms with Crippen LogP contribution >= 0.6 is 0 Å². The van der Waals surface area contributed by atoms with E-state index < -0.39 is 0 Å². The van der Waals surface area contributed by atoms with Gasteiger partial charge in [-0.3, -0.25) is 0 Å². The molecule has 1 aromatic heterocycles. The lowest BCUT2D eigenvalue weighted by Crippen LogP contribution is -3.00. The van der Waals surface area contributed by atoms with Crippen LogP contribution in [-0.2, 0) is 16.3 Å². The molecule has 1 rings (SSSR count). The minimum absolute atomic E-state index is 0. The summed E-state index contributed by atoms with van der Waals surface area (Å²) in [5, 5.41) is 0. The number of esters is 1. The molecule has 0 unspecified atom stereocenters. The third-order valence-electron chi connectivity index (χ3n) is 1.47. The first-order valence-electron chi connectivity index (χ1n) is 3.97. The first-order valence-corrected chi connectivity index (χ1v) is 3.97. The Bertz CT molecular complexity index is 312. The van der Waals surface area contributed by atoms with Gasteiger partial charge in [0.25, 0.3) is 6.73 Å². The van der Waals surface area contributed by atoms with Gasteiger partial charge in [-0.1, -0.05) is 27.5 Å². The van der Waals surface area contributed by atoms with Crippen LogP contribution in [0.3, 0.4) is 0 Å². The fraction of sp³-hybridized carbons (Fsp3) is 0.333. The normalized spacial score (nSPS) is 7.56. The highest BCUT2D eigenvalue weighted by molar-refractivity contribution is 5.86. The van der Waals surface area contributed by atoms with Crippen LogP contribution in [0.2, 0.25) is 0 Å². The maximum absolute atomic E-state index is 11.0. The Morgan fingerprint density at radius 3 is 2.19 bits per heavy atom. The number of ether oxygens (including phenoxy) is 1. The molecule has 0 N–H and O–H groups in total. The standard InChI is InChI=1S/C10H12NO2.2CH4.BrH/c1-9(2)10(12)13-8-11-6-4-3-5-7-11;;;/h3-7H,1,8H2,2H3;2*1H4;1H/q+1;;;/p-1. The number of aromatic nitrogens is 1. The predicted molar refractivity (Wildman–Crippen MR) is 61.0 cm³/mol. The minimum atomic E-state index is -0.364. The van der Waals surface area contributed by atoms with Gasteiger partial charge in [0.1, 0.15) is 0 Å². The average molecular weight is 290 g/mol. The number of carbonyl (C=O) groups is 1. The van der Waals surface area contributed by atoms with Crippen molar-refractivity contribution in [2.45, 2.75) is 28.5 Å². The summed E-state index contributed by atoms with van der Waals surface area (Å²) >= 11 is 0. The van der Waals surface area contributed by atoms with Gasteiger partial charge in [-0.2, -0.15) is 4.57 Å². The molecule has 4 heteroatoms. The highest BCUT2D eigenvalue weighted by Gasteiger charge is 2.05. The molecule has 16 heavy (non-hydrogen) atoms. The lowest BCUT2D eigenvalue weighted by Gasteiger charge is -1.99. The number of hydrogen-bond acceptors (Lipinski definition) is 2. The van der Waals surface area contributed by atoms with Crippen LogP contribution in [0.15, 0.2) is 42.7 Å². The Morgan fingerprint density at radius 1 is 1.25 bits per heavy atom. The number of pyridine rings is 1. The van der Waals surface area contributed by atoms with Crippen molar-refractivity contribution in [1.29, 1.82) is 0 Å². The van der Waals surface area contributed by atoms with E-state index in [0.717, 1.165) is 0 Å². The topological polar surface area (TPSA) is 30.2 Å². The first-order chi connectivity index (χ1) is 6.20. The van der Waals surface area contributed by atoms with Gasteiger partial charge in [0.2, 0.25) is 0 Å². The quantitative estimate of drug-likeness (QED) is 0.420. The SMILES string of the molecule is C.C.C=C(C)C(=O)OC[n+]1ccccc1.[Br-]. The number of halogens is 1. The molecule has 92 valence electrons. The zero-order valence-corrected chi connectivity index (χ0v) is 9.53. The summed E-state index contributed by atoms with van der Waals surface area (Å²) in [5.41, 5.74) is 0.413. The van der Waals surface area contributed by atoms with Gasteiger partial charge in [-0.15, -0.1) is 0 Å². The van der Waals surface area contributed by atoms with Crippen molar-refractivity contribution in [1.82, 2.24) is 0 Å². The van der Waals surface area contributed by atoms with Gasteiger partial charge in [0.05, 0.1) is 0 Å². The van der Waals surface area contributed by atoms with E-state index in [0.29, 0.717) is 5.57 Å². The van der Waals surface area contributed by atoms with Crippen LogP contribution in [0.25, 0.3) is 0 Å². The van der Waals surface area contributed by atoms with Crippen LogP contribution in [0.1, 0.15) is 21.8 Å². The van der Waals surface area contributed by atoms with Gasteiger partial charge in [-0.25, -0.2) is 4.79 Å². The zero-order chi connectivity index (χ0) is 9.68. The summed E-state index contributed by atoms with van der Waals surface area (Å²) in [6, 6.07) is 5.64. The Labute approximate surface area is 109 Å². The van der Waals surface area contributed by atoms with Crippen molar-refractivity contribution in [2.24, 2.45) is 0 Å². The first kappa shape index (κ1) is 20.3. The molecule has 0 aromatic carbocycles. The van der Waals surface area contributed by atoms with E-state index in [1.807, 2.05) is 30.6 Å². The lowest BCUT2D eigenvalue weighted by atomic mass is 10.4. The predicted octanol–water partition coefficient (Wildman–Crippen LogP) is -0.673. The molecule has 0 aliphatic heterocycles. The summed E-state index contributed by atoms with van der Waals surface area (Å²) in [5.74, 6) is -0.364. The highest BCUT2D eigenvalue weighted by Crippen LogP contribution is 1.90. The Morgan fingerprint density at radius 2 is 1.75 bits per heavy atom. The van der Waals surface area contributed by atoms with Crippen molar-refractivity contribution in [3.63, 3.8) is 0 Å². The smallest absolute Gasteiger partial charge is 0.337 e. The Balaban J connectivity index is -0.000000563. The van der Waals surface area contributed by atoms with Crippen molar-refractivity contribution in [2.75, 3.05) is 0 Å². The van der Waals surface area contributed by atoms with Crippen molar-refractivity contribution >= 4 is 5.97 Å². The van der Waals surface area contributed by atoms with Crippen molar-refractivity contribution in [3.8, 4) is 0 Å². The number of carbonyl (C=O) groups excluding carboxylic acids is 1. The van der Waals surface area contributed by atoms with E-state index in [1.54, 1.807) is 11.5 Å². The van der Waals surface area contributed by atoms with E-state index in [4.69, 9.17) is 4.74 Å². The average Bonchev–Trinajstić information content (AvgIpc) is 2.15. The lowest BCUT2D eigenvalue weighted by molar-refractivity contribution is -0.727. The largest absolute Gasteiger partial charge is 1.00 e. The second kappa shape index (κ2) is 10.4. The monoisotopic (exact) mass is 289 g/mol. The second-order valence-electron chi connectivity index (χ2n) is 2.73. The Hall–Kier alpha value is -1.16. The van der Waals surface area contributed by atoms with Crippen LogP contribution in [0, 0.1) is 0 Å². The third-order valence-corrected chi connectivity index (χ3v) is 1.47. The fourth-order valence-corrected chi connectivity index (χ4v) is 0.777. The molecule has 0 aliphatic rings. The second-order valence-corrected chi connectivity index (χ2v) is 2.73. The van der Waals surface area contributed by atoms with E-state index in [1.165, 1.54) is 0 Å². The van der Waals surface area contributed by atoms with Crippen LogP contribution in [-0.4, -0.2) is 5.97 Å². The van der Waals surface area contributed by atoms with E-state index >= 15 is 0 Å². The Kier molecular flexibility index (Phi) is 13.1. The van der Waals surface area contributed by atoms with Gasteiger partial charge in [-0.05, 0) is 6.92 Å². The van der Waals surface area contributed by atoms with Gasteiger partial charge in [0, 0.05) is 17.7 Å². The molecule has 0 atom stereocenters. The van der Waals surface area contributed by atoms with E-state index in [2.05, 4.69) is 6.58 Å². The fourth-order valence-electron chi connectivity index (χ4n) is 0.777. The summed E-state index contributed by atoms with van der Waals surface area (Å²) in [7, 11) is 0. The molecule has 0 saturated carbocycles. The molecule has 0 spiro atoms. The molecule has 0 saturated heterocycles. The molecule has 0 bridgehead atoms. The summed E-state index contributed by atoms with van der Waals surface area (Å²) < 4.78 is 6.68. The molecule has 1 aromatic rings. The number of nitrogens with zero attached hydrogens (tertiary/aromatic N) is 1.